The van der Waals surface area contributed by atoms with Crippen molar-refractivity contribution < 1.29 is 19.1 Å². The van der Waals surface area contributed by atoms with Crippen LogP contribution in [-0.4, -0.2) is 38.7 Å². The van der Waals surface area contributed by atoms with Crippen molar-refractivity contribution >= 4 is 17.5 Å². The van der Waals surface area contributed by atoms with Crippen LogP contribution in [0.4, 0.5) is 5.69 Å². The van der Waals surface area contributed by atoms with E-state index >= 15 is 0 Å². The van der Waals surface area contributed by atoms with Gasteiger partial charge in [0.1, 0.15) is 5.75 Å². The average Bonchev–Trinajstić information content (AvgIpc) is 2.45. The summed E-state index contributed by atoms with van der Waals surface area (Å²) < 4.78 is 10.2. The Hall–Kier alpha value is -2.08. The molecule has 0 heterocycles. The van der Waals surface area contributed by atoms with Crippen LogP contribution < -0.4 is 15.4 Å². The number of anilines is 1. The van der Waals surface area contributed by atoms with E-state index in [-0.39, 0.29) is 0 Å². The number of amides is 2. The molecule has 6 heteroatoms. The molecule has 6 nitrogen and oxygen atoms in total. The number of carbonyl (C=O) groups is 2. The van der Waals surface area contributed by atoms with Gasteiger partial charge in [0.05, 0.1) is 12.3 Å². The molecule has 0 aliphatic heterocycles. The molecule has 0 unspecified atom stereocenters. The Labute approximate surface area is 118 Å². The second kappa shape index (κ2) is 8.92. The van der Waals surface area contributed by atoms with Crippen LogP contribution in [0.2, 0.25) is 0 Å². The summed E-state index contributed by atoms with van der Waals surface area (Å²) in [5.41, 5.74) is 0.478. The Morgan fingerprint density at radius 2 is 1.95 bits per heavy atom. The Bertz CT molecular complexity index is 449. The minimum atomic E-state index is -0.713. The van der Waals surface area contributed by atoms with Crippen molar-refractivity contribution in [3.63, 3.8) is 0 Å². The van der Waals surface area contributed by atoms with Crippen LogP contribution >= 0.6 is 0 Å². The number of hydrogen-bond acceptors (Lipinski definition) is 4. The molecule has 1 rings (SSSR count). The van der Waals surface area contributed by atoms with E-state index in [9.17, 15) is 9.59 Å². The van der Waals surface area contributed by atoms with Crippen LogP contribution in [0, 0.1) is 0 Å². The summed E-state index contributed by atoms with van der Waals surface area (Å²) in [5, 5.41) is 5.05. The van der Waals surface area contributed by atoms with Crippen LogP contribution in [0.1, 0.15) is 13.3 Å². The molecule has 110 valence electrons. The van der Waals surface area contributed by atoms with Gasteiger partial charge in [-0.2, -0.15) is 0 Å². The Morgan fingerprint density at radius 1 is 1.20 bits per heavy atom. The Kier molecular flexibility index (Phi) is 7.13. The van der Waals surface area contributed by atoms with E-state index < -0.39 is 11.8 Å². The van der Waals surface area contributed by atoms with Gasteiger partial charge in [-0.25, -0.2) is 0 Å². The van der Waals surface area contributed by atoms with Gasteiger partial charge in [0, 0.05) is 20.3 Å². The number of ether oxygens (including phenoxy) is 2. The number of benzene rings is 1. The predicted molar refractivity (Wildman–Crippen MR) is 75.7 cm³/mol. The van der Waals surface area contributed by atoms with Crippen LogP contribution in [0.3, 0.4) is 0 Å². The molecule has 1 aromatic rings. The largest absolute Gasteiger partial charge is 0.492 e. The van der Waals surface area contributed by atoms with Crippen LogP contribution in [0.5, 0.6) is 5.75 Å². The highest BCUT2D eigenvalue weighted by atomic mass is 16.5. The van der Waals surface area contributed by atoms with Gasteiger partial charge in [0.15, 0.2) is 0 Å². The third-order valence-corrected chi connectivity index (χ3v) is 2.45. The standard InChI is InChI=1S/C14H20N2O4/c1-3-20-12-8-5-4-7-11(12)16-14(18)13(17)15-9-6-10-19-2/h4-5,7-8H,3,6,9-10H2,1-2H3,(H,15,17)(H,16,18). The molecule has 0 spiro atoms. The van der Waals surface area contributed by atoms with E-state index in [4.69, 9.17) is 9.47 Å². The van der Waals surface area contributed by atoms with E-state index in [0.29, 0.717) is 37.6 Å². The van der Waals surface area contributed by atoms with Crippen molar-refractivity contribution in [1.82, 2.24) is 5.32 Å². The smallest absolute Gasteiger partial charge is 0.313 e. The molecule has 1 aromatic carbocycles. The maximum Gasteiger partial charge on any atom is 0.313 e. The van der Waals surface area contributed by atoms with Crippen molar-refractivity contribution in [2.45, 2.75) is 13.3 Å². The van der Waals surface area contributed by atoms with Crippen molar-refractivity contribution in [3.8, 4) is 5.75 Å². The monoisotopic (exact) mass is 280 g/mol. The third kappa shape index (κ3) is 5.27. The van der Waals surface area contributed by atoms with Crippen molar-refractivity contribution in [2.75, 3.05) is 32.2 Å². The highest BCUT2D eigenvalue weighted by Gasteiger charge is 2.14. The summed E-state index contributed by atoms with van der Waals surface area (Å²) in [6, 6.07) is 6.97. The lowest BCUT2D eigenvalue weighted by molar-refractivity contribution is -0.136. The van der Waals surface area contributed by atoms with Gasteiger partial charge >= 0.3 is 11.8 Å². The topological polar surface area (TPSA) is 76.7 Å². The molecule has 0 radical (unpaired) electrons. The zero-order chi connectivity index (χ0) is 14.8. The minimum Gasteiger partial charge on any atom is -0.492 e. The molecule has 0 atom stereocenters. The second-order valence-corrected chi connectivity index (χ2v) is 3.99. The molecule has 0 fully saturated rings. The van der Waals surface area contributed by atoms with E-state index in [2.05, 4.69) is 10.6 Å². The summed E-state index contributed by atoms with van der Waals surface area (Å²) in [4.78, 5) is 23.3. The van der Waals surface area contributed by atoms with E-state index in [0.717, 1.165) is 0 Å². The summed E-state index contributed by atoms with van der Waals surface area (Å²) in [6.45, 7) is 3.26. The van der Waals surface area contributed by atoms with Crippen molar-refractivity contribution in [3.05, 3.63) is 24.3 Å². The van der Waals surface area contributed by atoms with E-state index in [1.54, 1.807) is 31.4 Å². The first-order chi connectivity index (χ1) is 9.69. The molecule has 0 aliphatic carbocycles. The van der Waals surface area contributed by atoms with Gasteiger partial charge in [-0.1, -0.05) is 12.1 Å². The van der Waals surface area contributed by atoms with Gasteiger partial charge < -0.3 is 20.1 Å². The third-order valence-electron chi connectivity index (χ3n) is 2.45. The van der Waals surface area contributed by atoms with Crippen LogP contribution in [0.25, 0.3) is 0 Å². The molecule has 0 saturated carbocycles. The number of para-hydroxylation sites is 2. The van der Waals surface area contributed by atoms with Crippen molar-refractivity contribution in [2.24, 2.45) is 0 Å². The number of hydrogen-bond donors (Lipinski definition) is 2. The van der Waals surface area contributed by atoms with E-state index in [1.807, 2.05) is 6.92 Å². The maximum atomic E-state index is 11.7. The predicted octanol–water partition coefficient (Wildman–Crippen LogP) is 1.18. The second-order valence-electron chi connectivity index (χ2n) is 3.99. The summed E-state index contributed by atoms with van der Waals surface area (Å²) >= 11 is 0. The fraction of sp³-hybridized carbons (Fsp3) is 0.429. The lowest BCUT2D eigenvalue weighted by atomic mass is 10.3. The highest BCUT2D eigenvalue weighted by Crippen LogP contribution is 2.23. The first-order valence-electron chi connectivity index (χ1n) is 6.49. The molecular weight excluding hydrogens is 260 g/mol. The lowest BCUT2D eigenvalue weighted by Gasteiger charge is -2.11. The zero-order valence-electron chi connectivity index (χ0n) is 11.8. The Balaban J connectivity index is 2.51. The normalized spacial score (nSPS) is 9.90. The fourth-order valence-corrected chi connectivity index (χ4v) is 1.53. The van der Waals surface area contributed by atoms with Crippen LogP contribution in [0.15, 0.2) is 24.3 Å². The molecule has 0 bridgehead atoms. The SMILES string of the molecule is CCOc1ccccc1NC(=O)C(=O)NCCCOC. The molecule has 2 amide bonds. The van der Waals surface area contributed by atoms with Gasteiger partial charge in [0.25, 0.3) is 0 Å². The molecule has 20 heavy (non-hydrogen) atoms. The number of nitrogens with one attached hydrogen (secondary N) is 2. The maximum absolute atomic E-state index is 11.7. The Morgan fingerprint density at radius 3 is 2.65 bits per heavy atom. The van der Waals surface area contributed by atoms with Gasteiger partial charge in [0.2, 0.25) is 0 Å². The average molecular weight is 280 g/mol. The van der Waals surface area contributed by atoms with Gasteiger partial charge in [-0.05, 0) is 25.5 Å². The number of methoxy groups -OCH3 is 1. The molecule has 2 N–H and O–H groups in total. The molecule has 0 aliphatic rings. The fourth-order valence-electron chi connectivity index (χ4n) is 1.53. The quantitative estimate of drug-likeness (QED) is 0.581. The van der Waals surface area contributed by atoms with Crippen LogP contribution in [-0.2, 0) is 14.3 Å². The first-order valence-corrected chi connectivity index (χ1v) is 6.49. The number of carbonyl (C=O) groups excluding carboxylic acids is 2. The molecule has 0 saturated heterocycles. The summed E-state index contributed by atoms with van der Waals surface area (Å²) in [7, 11) is 1.58. The zero-order valence-corrected chi connectivity index (χ0v) is 11.8. The van der Waals surface area contributed by atoms with Gasteiger partial charge in [-0.15, -0.1) is 0 Å². The first kappa shape index (κ1) is 16.0. The summed E-state index contributed by atoms with van der Waals surface area (Å²) in [5.74, 6) is -0.850. The van der Waals surface area contributed by atoms with Crippen molar-refractivity contribution in [1.29, 1.82) is 0 Å². The highest BCUT2D eigenvalue weighted by molar-refractivity contribution is 6.39. The van der Waals surface area contributed by atoms with E-state index in [1.165, 1.54) is 0 Å². The molecular formula is C14H20N2O4. The number of rotatable bonds is 7. The molecule has 0 aromatic heterocycles. The minimum absolute atomic E-state index is 0.396. The van der Waals surface area contributed by atoms with Gasteiger partial charge in [-0.3, -0.25) is 9.59 Å². The summed E-state index contributed by atoms with van der Waals surface area (Å²) in [6.07, 6.45) is 0.658. The lowest BCUT2D eigenvalue weighted by Crippen LogP contribution is -2.36.